The van der Waals surface area contributed by atoms with Gasteiger partial charge in [0.15, 0.2) is 0 Å². The first-order chi connectivity index (χ1) is 10.5. The summed E-state index contributed by atoms with van der Waals surface area (Å²) in [6, 6.07) is 18.4. The van der Waals surface area contributed by atoms with Gasteiger partial charge in [-0.1, -0.05) is 60.7 Å². The fourth-order valence-corrected chi connectivity index (χ4v) is 6.11. The molecule has 5 nitrogen and oxygen atoms in total. The zero-order chi connectivity index (χ0) is 15.6. The molecule has 1 atom stereocenters. The molecule has 1 aliphatic heterocycles. The molecule has 1 aliphatic rings. The van der Waals surface area contributed by atoms with E-state index in [0.29, 0.717) is 10.0 Å². The predicted octanol–water partition coefficient (Wildman–Crippen LogP) is 0.371. The Bertz CT molecular complexity index is 730. The maximum Gasteiger partial charge on any atom is 0.200 e. The van der Waals surface area contributed by atoms with Gasteiger partial charge in [-0.05, 0) is 0 Å². The number of hydrogen-bond donors (Lipinski definition) is 0. The first-order valence-corrected chi connectivity index (χ1v) is 9.84. The van der Waals surface area contributed by atoms with Crippen LogP contribution in [0.4, 0.5) is 0 Å². The standard InChI is InChI=1S/C14H10ClNO4S2/c17-15(18,19)20-22-14(12-9-5-2-6-10-12)16-13(21-22)11-7-3-1-4-8-11/h1-10H. The molecule has 0 N–H and O–H groups in total. The number of halogens is 1. The topological polar surface area (TPSA) is 90.8 Å². The molecule has 1 unspecified atom stereocenters. The van der Waals surface area contributed by atoms with Gasteiger partial charge in [-0.2, -0.15) is 14.0 Å². The molecule has 0 fully saturated rings. The minimum atomic E-state index is -4.52. The summed E-state index contributed by atoms with van der Waals surface area (Å²) in [7, 11) is -4.69. The molecule has 1 heterocycles. The van der Waals surface area contributed by atoms with Crippen LogP contribution < -0.4 is 14.0 Å². The smallest absolute Gasteiger partial charge is 0.200 e. The summed E-state index contributed by atoms with van der Waals surface area (Å²) < 4.78 is 37.4. The van der Waals surface area contributed by atoms with Crippen LogP contribution in [0.15, 0.2) is 65.7 Å². The van der Waals surface area contributed by atoms with Crippen LogP contribution in [0.25, 0.3) is 0 Å². The average Bonchev–Trinajstić information content (AvgIpc) is 2.91. The molecule has 8 heteroatoms. The van der Waals surface area contributed by atoms with Crippen molar-refractivity contribution in [3.63, 3.8) is 0 Å². The van der Waals surface area contributed by atoms with Gasteiger partial charge in [0.05, 0.1) is 10.2 Å². The van der Waals surface area contributed by atoms with Gasteiger partial charge in [0.25, 0.3) is 0 Å². The van der Waals surface area contributed by atoms with Crippen molar-refractivity contribution < 1.29 is 28.0 Å². The Morgan fingerprint density at radius 3 is 1.95 bits per heavy atom. The Balaban J connectivity index is 1.99. The van der Waals surface area contributed by atoms with E-state index >= 15 is 0 Å². The van der Waals surface area contributed by atoms with Crippen molar-refractivity contribution in [2.24, 2.45) is 4.99 Å². The third-order valence-corrected chi connectivity index (χ3v) is 6.91. The lowest BCUT2D eigenvalue weighted by Crippen LogP contribution is -2.60. The van der Waals surface area contributed by atoms with Crippen LogP contribution in [0.1, 0.15) is 11.1 Å². The Morgan fingerprint density at radius 2 is 1.41 bits per heavy atom. The lowest BCUT2D eigenvalue weighted by Gasteiger charge is -2.12. The molecule has 0 radical (unpaired) electrons. The molecule has 0 amide bonds. The summed E-state index contributed by atoms with van der Waals surface area (Å²) in [6.45, 7) is 0. The highest BCUT2D eigenvalue weighted by atomic mass is 35.7. The quantitative estimate of drug-likeness (QED) is 0.584. The Hall–Kier alpha value is -1.19. The predicted molar refractivity (Wildman–Crippen MR) is 79.8 cm³/mol. The fourth-order valence-electron chi connectivity index (χ4n) is 1.81. The van der Waals surface area contributed by atoms with Gasteiger partial charge in [-0.3, -0.25) is 0 Å². The SMILES string of the molecule is [O-][Cl+3]([O-])([O-])OS1=C(c2ccccc2)N=C(c2ccccc2)S1. The van der Waals surface area contributed by atoms with Gasteiger partial charge in [0.1, 0.15) is 13.8 Å². The van der Waals surface area contributed by atoms with Gasteiger partial charge < -0.3 is 0 Å². The molecule has 3 rings (SSSR count). The molecular formula is C14H10ClNO4S2. The highest BCUT2D eigenvalue weighted by molar-refractivity contribution is 8.87. The number of aliphatic imine (C=N–C) groups is 1. The van der Waals surface area contributed by atoms with Crippen LogP contribution in [0, 0.1) is 10.2 Å². The molecular weight excluding hydrogens is 346 g/mol. The number of rotatable bonds is 4. The van der Waals surface area contributed by atoms with Crippen molar-refractivity contribution in [2.45, 2.75) is 0 Å². The Kier molecular flexibility index (Phi) is 4.65. The number of hydrogen-bond acceptors (Lipinski definition) is 6. The normalized spacial score (nSPS) is 18.4. The second-order valence-electron chi connectivity index (χ2n) is 4.21. The molecule has 22 heavy (non-hydrogen) atoms. The van der Waals surface area contributed by atoms with Crippen LogP contribution in [0.2, 0.25) is 0 Å². The minimum absolute atomic E-state index is 0.441. The molecule has 2 aromatic rings. The first kappa shape index (κ1) is 15.7. The summed E-state index contributed by atoms with van der Waals surface area (Å²) in [5.41, 5.74) is 1.57. The fraction of sp³-hybridized carbons (Fsp3) is 0. The van der Waals surface area contributed by atoms with Crippen molar-refractivity contribution in [3.05, 3.63) is 71.8 Å². The van der Waals surface area contributed by atoms with E-state index in [-0.39, 0.29) is 0 Å². The van der Waals surface area contributed by atoms with Gasteiger partial charge in [-0.15, -0.1) is 0 Å². The molecule has 0 saturated carbocycles. The van der Waals surface area contributed by atoms with E-state index in [1.165, 1.54) is 0 Å². The maximum atomic E-state index is 10.9. The van der Waals surface area contributed by atoms with Crippen LogP contribution in [-0.4, -0.2) is 10.0 Å². The van der Waals surface area contributed by atoms with Crippen molar-refractivity contribution in [3.8, 4) is 0 Å². The van der Waals surface area contributed by atoms with Crippen molar-refractivity contribution in [1.29, 1.82) is 0 Å². The van der Waals surface area contributed by atoms with Crippen LogP contribution in [0.3, 0.4) is 0 Å². The van der Waals surface area contributed by atoms with Gasteiger partial charge >= 0.3 is 0 Å². The van der Waals surface area contributed by atoms with Crippen LogP contribution in [0.5, 0.6) is 0 Å². The monoisotopic (exact) mass is 355 g/mol. The third-order valence-electron chi connectivity index (χ3n) is 2.69. The summed E-state index contributed by atoms with van der Waals surface area (Å²) in [6.07, 6.45) is 0. The van der Waals surface area contributed by atoms with Gasteiger partial charge in [0, 0.05) is 21.9 Å². The van der Waals surface area contributed by atoms with Crippen LogP contribution >= 0.6 is 20.6 Å². The lowest BCUT2D eigenvalue weighted by atomic mass is 10.2. The van der Waals surface area contributed by atoms with E-state index in [1.54, 1.807) is 12.1 Å². The highest BCUT2D eigenvalue weighted by Gasteiger charge is 2.32. The van der Waals surface area contributed by atoms with E-state index in [4.69, 9.17) is 0 Å². The second kappa shape index (κ2) is 6.51. The van der Waals surface area contributed by atoms with Crippen molar-refractivity contribution >= 4 is 30.6 Å². The Labute approximate surface area is 135 Å². The summed E-state index contributed by atoms with van der Waals surface area (Å²) >= 11 is 0. The van der Waals surface area contributed by atoms with E-state index in [1.807, 2.05) is 48.5 Å². The van der Waals surface area contributed by atoms with Crippen LogP contribution in [-0.2, 0) is 3.74 Å². The van der Waals surface area contributed by atoms with E-state index in [9.17, 15) is 14.0 Å². The minimum Gasteiger partial charge on any atom is -0.230 e. The van der Waals surface area contributed by atoms with E-state index in [2.05, 4.69) is 8.73 Å². The zero-order valence-electron chi connectivity index (χ0n) is 11.0. The van der Waals surface area contributed by atoms with E-state index < -0.39 is 20.0 Å². The highest BCUT2D eigenvalue weighted by Crippen LogP contribution is 2.44. The largest absolute Gasteiger partial charge is 0.230 e. The first-order valence-electron chi connectivity index (χ1n) is 6.13. The molecule has 0 bridgehead atoms. The van der Waals surface area contributed by atoms with Gasteiger partial charge in [-0.25, -0.2) is 4.99 Å². The van der Waals surface area contributed by atoms with Crippen molar-refractivity contribution in [2.75, 3.05) is 0 Å². The lowest BCUT2D eigenvalue weighted by molar-refractivity contribution is -1.91. The second-order valence-corrected chi connectivity index (χ2v) is 8.29. The maximum absolute atomic E-state index is 10.9. The summed E-state index contributed by atoms with van der Waals surface area (Å²) in [4.78, 5) is 4.91. The summed E-state index contributed by atoms with van der Waals surface area (Å²) in [5.74, 6) is 0. The molecule has 0 spiro atoms. The Morgan fingerprint density at radius 1 is 0.864 bits per heavy atom. The van der Waals surface area contributed by atoms with Gasteiger partial charge in [0.2, 0.25) is 9.80 Å². The van der Waals surface area contributed by atoms with Crippen molar-refractivity contribution in [1.82, 2.24) is 0 Å². The molecule has 0 aromatic heterocycles. The molecule has 2 aromatic carbocycles. The average molecular weight is 356 g/mol. The number of benzene rings is 2. The zero-order valence-corrected chi connectivity index (χ0v) is 13.4. The molecule has 114 valence electrons. The summed E-state index contributed by atoms with van der Waals surface area (Å²) in [5, 5.41) is 0.627. The number of nitrogens with zero attached hydrogens (tertiary/aromatic N) is 1. The molecule has 0 saturated heterocycles. The molecule has 0 aliphatic carbocycles. The third kappa shape index (κ3) is 3.76. The van der Waals surface area contributed by atoms with E-state index in [0.717, 1.165) is 21.9 Å².